The molecule has 3 heteroatoms. The molecule has 1 nitrogen and oxygen atoms in total. The van der Waals surface area contributed by atoms with Crippen LogP contribution in [0.25, 0.3) is 10.8 Å². The van der Waals surface area contributed by atoms with Crippen LogP contribution < -0.4 is 5.32 Å². The Bertz CT molecular complexity index is 480. The molecule has 0 bridgehead atoms. The van der Waals surface area contributed by atoms with Crippen LogP contribution in [0.2, 0.25) is 0 Å². The second-order valence-corrected chi connectivity index (χ2v) is 4.72. The molecule has 0 atom stereocenters. The van der Waals surface area contributed by atoms with E-state index in [1.165, 1.54) is 10.8 Å². The van der Waals surface area contributed by atoms with Gasteiger partial charge in [0.2, 0.25) is 0 Å². The summed E-state index contributed by atoms with van der Waals surface area (Å²) in [7, 11) is 1.93. The van der Waals surface area contributed by atoms with E-state index in [1.807, 2.05) is 19.2 Å². The van der Waals surface area contributed by atoms with Gasteiger partial charge in [-0.15, -0.1) is 0 Å². The third-order valence-electron chi connectivity index (χ3n) is 2.20. The topological polar surface area (TPSA) is 12.0 Å². The first-order valence-corrected chi connectivity index (χ1v) is 5.87. The van der Waals surface area contributed by atoms with E-state index in [4.69, 9.17) is 0 Å². The van der Waals surface area contributed by atoms with E-state index in [2.05, 4.69) is 55.4 Å². The highest BCUT2D eigenvalue weighted by Crippen LogP contribution is 2.36. The van der Waals surface area contributed by atoms with Crippen LogP contribution in [-0.2, 0) is 0 Å². The van der Waals surface area contributed by atoms with Crippen molar-refractivity contribution in [1.29, 1.82) is 0 Å². The van der Waals surface area contributed by atoms with Crippen molar-refractivity contribution in [2.24, 2.45) is 0 Å². The van der Waals surface area contributed by atoms with E-state index < -0.39 is 0 Å². The highest BCUT2D eigenvalue weighted by Gasteiger charge is 2.06. The third-order valence-corrected chi connectivity index (χ3v) is 3.48. The van der Waals surface area contributed by atoms with Crippen molar-refractivity contribution in [3.05, 3.63) is 39.3 Å². The molecule has 14 heavy (non-hydrogen) atoms. The van der Waals surface area contributed by atoms with Gasteiger partial charge in [-0.2, -0.15) is 0 Å². The predicted molar refractivity (Wildman–Crippen MR) is 68.9 cm³/mol. The first-order chi connectivity index (χ1) is 6.74. The van der Waals surface area contributed by atoms with Crippen LogP contribution in [0.4, 0.5) is 5.69 Å². The number of hydrogen-bond donors (Lipinski definition) is 1. The number of halogens is 2. The molecule has 0 aliphatic rings. The molecule has 0 saturated carbocycles. The summed E-state index contributed by atoms with van der Waals surface area (Å²) in [6.45, 7) is 0. The second kappa shape index (κ2) is 3.91. The summed E-state index contributed by atoms with van der Waals surface area (Å²) in [5.41, 5.74) is 1.13. The van der Waals surface area contributed by atoms with Gasteiger partial charge in [0.25, 0.3) is 0 Å². The molecule has 72 valence electrons. The summed E-state index contributed by atoms with van der Waals surface area (Å²) in [4.78, 5) is 0. The minimum atomic E-state index is 1.07. The van der Waals surface area contributed by atoms with Crippen LogP contribution in [0.15, 0.2) is 39.3 Å². The van der Waals surface area contributed by atoms with Crippen LogP contribution in [-0.4, -0.2) is 7.05 Å². The largest absolute Gasteiger partial charge is 0.387 e. The van der Waals surface area contributed by atoms with Gasteiger partial charge in [-0.1, -0.05) is 40.2 Å². The van der Waals surface area contributed by atoms with Gasteiger partial charge in [-0.25, -0.2) is 0 Å². The molecule has 0 aliphatic carbocycles. The van der Waals surface area contributed by atoms with Crippen molar-refractivity contribution in [1.82, 2.24) is 0 Å². The molecule has 0 amide bonds. The number of anilines is 1. The van der Waals surface area contributed by atoms with Crippen LogP contribution in [0.1, 0.15) is 0 Å². The van der Waals surface area contributed by atoms with E-state index in [-0.39, 0.29) is 0 Å². The lowest BCUT2D eigenvalue weighted by Crippen LogP contribution is -1.91. The first-order valence-electron chi connectivity index (χ1n) is 4.28. The zero-order chi connectivity index (χ0) is 10.1. The van der Waals surface area contributed by atoms with Gasteiger partial charge in [0, 0.05) is 21.4 Å². The van der Waals surface area contributed by atoms with Gasteiger partial charge in [0.15, 0.2) is 0 Å². The Labute approximate surface area is 99.8 Å². The van der Waals surface area contributed by atoms with E-state index in [0.717, 1.165) is 14.6 Å². The van der Waals surface area contributed by atoms with Crippen molar-refractivity contribution in [3.63, 3.8) is 0 Å². The fourth-order valence-corrected chi connectivity index (χ4v) is 3.08. The lowest BCUT2D eigenvalue weighted by Gasteiger charge is -2.09. The van der Waals surface area contributed by atoms with E-state index >= 15 is 0 Å². The number of fused-ring (bicyclic) bond motifs is 1. The summed E-state index contributed by atoms with van der Waals surface area (Å²) in [6, 6.07) is 10.4. The molecule has 0 aliphatic heterocycles. The Balaban J connectivity index is 2.90. The summed E-state index contributed by atoms with van der Waals surface area (Å²) in [5, 5.41) is 5.64. The molecule has 0 unspecified atom stereocenters. The number of rotatable bonds is 1. The number of nitrogens with one attached hydrogen (secondary N) is 1. The Morgan fingerprint density at radius 2 is 1.64 bits per heavy atom. The molecule has 0 radical (unpaired) electrons. The number of benzene rings is 2. The molecule has 2 rings (SSSR count). The molecular weight excluding hydrogens is 306 g/mol. The molecule has 0 fully saturated rings. The Hall–Kier alpha value is -0.540. The Morgan fingerprint density at radius 1 is 1.00 bits per heavy atom. The fraction of sp³-hybridized carbons (Fsp3) is 0.0909. The minimum Gasteiger partial charge on any atom is -0.387 e. The average Bonchev–Trinajstić information content (AvgIpc) is 2.18. The standard InChI is InChI=1S/C11H9Br2N/c1-14-11-8-5-3-2-4-7(8)9(12)6-10(11)13/h2-6,14H,1H3. The zero-order valence-electron chi connectivity index (χ0n) is 7.64. The van der Waals surface area contributed by atoms with Gasteiger partial charge >= 0.3 is 0 Å². The first kappa shape index (κ1) is 9.99. The smallest absolute Gasteiger partial charge is 0.0562 e. The molecule has 1 N–H and O–H groups in total. The van der Waals surface area contributed by atoms with Crippen molar-refractivity contribution in [2.75, 3.05) is 12.4 Å². The lowest BCUT2D eigenvalue weighted by atomic mass is 10.1. The van der Waals surface area contributed by atoms with E-state index in [0.29, 0.717) is 0 Å². The molecule has 2 aromatic rings. The van der Waals surface area contributed by atoms with Crippen LogP contribution in [0, 0.1) is 0 Å². The van der Waals surface area contributed by atoms with Crippen LogP contribution in [0.5, 0.6) is 0 Å². The van der Waals surface area contributed by atoms with Crippen molar-refractivity contribution >= 4 is 48.3 Å². The highest BCUT2D eigenvalue weighted by atomic mass is 79.9. The Morgan fingerprint density at radius 3 is 2.29 bits per heavy atom. The summed E-state index contributed by atoms with van der Waals surface area (Å²) in [6.07, 6.45) is 0. The van der Waals surface area contributed by atoms with Gasteiger partial charge in [0.1, 0.15) is 0 Å². The van der Waals surface area contributed by atoms with Gasteiger partial charge in [-0.3, -0.25) is 0 Å². The lowest BCUT2D eigenvalue weighted by molar-refractivity contribution is 1.51. The average molecular weight is 315 g/mol. The SMILES string of the molecule is CNc1c(Br)cc(Br)c2ccccc12. The summed E-state index contributed by atoms with van der Waals surface area (Å²) in [5.74, 6) is 0. The molecule has 0 saturated heterocycles. The maximum Gasteiger partial charge on any atom is 0.0562 e. The molecule has 0 heterocycles. The maximum absolute atomic E-state index is 3.55. The number of hydrogen-bond acceptors (Lipinski definition) is 1. The van der Waals surface area contributed by atoms with Crippen LogP contribution >= 0.6 is 31.9 Å². The molecule has 2 aromatic carbocycles. The van der Waals surface area contributed by atoms with Gasteiger partial charge < -0.3 is 5.32 Å². The normalized spacial score (nSPS) is 10.5. The van der Waals surface area contributed by atoms with E-state index in [1.54, 1.807) is 0 Å². The maximum atomic E-state index is 3.55. The highest BCUT2D eigenvalue weighted by molar-refractivity contribution is 9.11. The van der Waals surface area contributed by atoms with Crippen LogP contribution in [0.3, 0.4) is 0 Å². The van der Waals surface area contributed by atoms with Gasteiger partial charge in [-0.05, 0) is 27.4 Å². The summed E-state index contributed by atoms with van der Waals surface area (Å²) < 4.78 is 2.18. The van der Waals surface area contributed by atoms with Gasteiger partial charge in [0.05, 0.1) is 5.69 Å². The van der Waals surface area contributed by atoms with Crippen molar-refractivity contribution in [2.45, 2.75) is 0 Å². The predicted octanol–water partition coefficient (Wildman–Crippen LogP) is 4.41. The molecule has 0 spiro atoms. The molecular formula is C11H9Br2N. The quantitative estimate of drug-likeness (QED) is 0.822. The van der Waals surface area contributed by atoms with Crippen molar-refractivity contribution in [3.8, 4) is 0 Å². The fourth-order valence-electron chi connectivity index (χ4n) is 1.55. The van der Waals surface area contributed by atoms with Crippen molar-refractivity contribution < 1.29 is 0 Å². The monoisotopic (exact) mass is 313 g/mol. The molecule has 0 aromatic heterocycles. The minimum absolute atomic E-state index is 1.07. The zero-order valence-corrected chi connectivity index (χ0v) is 10.8. The summed E-state index contributed by atoms with van der Waals surface area (Å²) >= 11 is 7.09. The Kier molecular flexibility index (Phi) is 2.79. The third kappa shape index (κ3) is 1.55. The van der Waals surface area contributed by atoms with E-state index in [9.17, 15) is 0 Å². The second-order valence-electron chi connectivity index (χ2n) is 3.01.